The molecule has 0 radical (unpaired) electrons. The fraction of sp³-hybridized carbons (Fsp3) is 0.385. The monoisotopic (exact) mass is 406 g/mol. The van der Waals surface area contributed by atoms with Crippen molar-refractivity contribution in [3.05, 3.63) is 85.7 Å². The fourth-order valence-electron chi connectivity index (χ4n) is 4.69. The van der Waals surface area contributed by atoms with Crippen molar-refractivity contribution in [3.63, 3.8) is 0 Å². The van der Waals surface area contributed by atoms with E-state index in [-0.39, 0.29) is 10.6 Å². The molecule has 29 heavy (non-hydrogen) atoms. The second-order valence-corrected chi connectivity index (χ2v) is 13.5. The van der Waals surface area contributed by atoms with Crippen molar-refractivity contribution in [1.29, 1.82) is 0 Å². The Morgan fingerprint density at radius 1 is 1.07 bits per heavy atom. The van der Waals surface area contributed by atoms with Gasteiger partial charge in [-0.3, -0.25) is 0 Å². The minimum Gasteiger partial charge on any atom is -0.488 e. The van der Waals surface area contributed by atoms with E-state index in [1.165, 1.54) is 10.4 Å². The molecule has 2 atom stereocenters. The van der Waals surface area contributed by atoms with Gasteiger partial charge in [0.15, 0.2) is 0 Å². The van der Waals surface area contributed by atoms with Gasteiger partial charge in [-0.2, -0.15) is 0 Å². The van der Waals surface area contributed by atoms with Gasteiger partial charge in [-0.25, -0.2) is 0 Å². The van der Waals surface area contributed by atoms with Crippen LogP contribution in [0.4, 0.5) is 0 Å². The van der Waals surface area contributed by atoms with Crippen LogP contribution in [0, 0.1) is 5.92 Å². The zero-order chi connectivity index (χ0) is 21.1. The molecule has 2 aromatic carbocycles. The van der Waals surface area contributed by atoms with Gasteiger partial charge in [0.05, 0.1) is 5.76 Å². The Balaban J connectivity index is 1.98. The lowest BCUT2D eigenvalue weighted by Crippen LogP contribution is -2.66. The number of hydrogen-bond donors (Lipinski definition) is 0. The summed E-state index contributed by atoms with van der Waals surface area (Å²) >= 11 is 0. The van der Waals surface area contributed by atoms with Crippen molar-refractivity contribution < 1.29 is 9.16 Å². The van der Waals surface area contributed by atoms with Gasteiger partial charge in [-0.05, 0) is 21.5 Å². The van der Waals surface area contributed by atoms with Crippen LogP contribution in [0.3, 0.4) is 0 Å². The van der Waals surface area contributed by atoms with Gasteiger partial charge in [0.1, 0.15) is 5.60 Å². The molecular formula is C26H34O2Si. The predicted octanol–water partition coefficient (Wildman–Crippen LogP) is 5.45. The van der Waals surface area contributed by atoms with E-state index in [2.05, 4.69) is 102 Å². The average Bonchev–Trinajstić information content (AvgIpc) is 2.99. The summed E-state index contributed by atoms with van der Waals surface area (Å²) in [5, 5.41) is 2.58. The van der Waals surface area contributed by atoms with Crippen molar-refractivity contribution in [1.82, 2.24) is 0 Å². The van der Waals surface area contributed by atoms with E-state index in [1.54, 1.807) is 0 Å². The number of benzene rings is 2. The molecule has 0 aromatic heterocycles. The van der Waals surface area contributed by atoms with Crippen LogP contribution >= 0.6 is 0 Å². The molecule has 1 fully saturated rings. The molecular weight excluding hydrogens is 372 g/mol. The fourth-order valence-corrected chi connectivity index (χ4v) is 9.26. The van der Waals surface area contributed by atoms with E-state index in [9.17, 15) is 0 Å². The third kappa shape index (κ3) is 3.99. The van der Waals surface area contributed by atoms with E-state index in [4.69, 9.17) is 9.16 Å². The quantitative estimate of drug-likeness (QED) is 0.450. The van der Waals surface area contributed by atoms with E-state index < -0.39 is 8.32 Å². The summed E-state index contributed by atoms with van der Waals surface area (Å²) in [4.78, 5) is 0. The normalized spacial score (nSPS) is 22.3. The summed E-state index contributed by atoms with van der Waals surface area (Å²) in [7, 11) is -2.52. The van der Waals surface area contributed by atoms with Crippen LogP contribution in [-0.2, 0) is 9.16 Å². The van der Waals surface area contributed by atoms with Gasteiger partial charge < -0.3 is 9.16 Å². The lowest BCUT2D eigenvalue weighted by molar-refractivity contribution is 0.0363. The molecule has 1 aliphatic heterocycles. The van der Waals surface area contributed by atoms with Crippen molar-refractivity contribution in [2.45, 2.75) is 51.2 Å². The minimum absolute atomic E-state index is 0.0250. The summed E-state index contributed by atoms with van der Waals surface area (Å²) in [6, 6.07) is 21.5. The zero-order valence-electron chi connectivity index (χ0n) is 18.3. The molecule has 154 valence electrons. The number of ether oxygens (including phenoxy) is 1. The van der Waals surface area contributed by atoms with Crippen LogP contribution in [0.1, 0.15) is 40.5 Å². The number of allylic oxidation sites excluding steroid dienone is 1. The molecule has 3 heteroatoms. The van der Waals surface area contributed by atoms with Crippen LogP contribution in [0.5, 0.6) is 0 Å². The molecule has 3 rings (SSSR count). The summed E-state index contributed by atoms with van der Waals surface area (Å²) in [6.07, 6.45) is 3.61. The molecule has 2 aromatic rings. The van der Waals surface area contributed by atoms with Gasteiger partial charge in [0.2, 0.25) is 0 Å². The highest BCUT2D eigenvalue weighted by molar-refractivity contribution is 6.99. The molecule has 0 saturated carbocycles. The number of hydrogen-bond acceptors (Lipinski definition) is 2. The van der Waals surface area contributed by atoms with Gasteiger partial charge in [-0.1, -0.05) is 102 Å². The molecule has 2 unspecified atom stereocenters. The summed E-state index contributed by atoms with van der Waals surface area (Å²) in [5.41, 5.74) is -0.386. The molecule has 1 heterocycles. The lowest BCUT2D eigenvalue weighted by atomic mass is 9.86. The van der Waals surface area contributed by atoms with Crippen molar-refractivity contribution in [2.24, 2.45) is 5.92 Å². The van der Waals surface area contributed by atoms with Crippen LogP contribution in [0.25, 0.3) is 0 Å². The molecule has 0 N–H and O–H groups in total. The lowest BCUT2D eigenvalue weighted by Gasteiger charge is -2.43. The van der Waals surface area contributed by atoms with E-state index in [1.807, 2.05) is 6.08 Å². The first kappa shape index (κ1) is 21.6. The Bertz CT molecular complexity index is 799. The second-order valence-electron chi connectivity index (χ2n) is 9.17. The van der Waals surface area contributed by atoms with Gasteiger partial charge in [0, 0.05) is 25.4 Å². The average molecular weight is 407 g/mol. The third-order valence-electron chi connectivity index (χ3n) is 6.28. The maximum atomic E-state index is 7.02. The Morgan fingerprint density at radius 3 is 1.97 bits per heavy atom. The molecule has 2 nitrogen and oxygen atoms in total. The first-order chi connectivity index (χ1) is 13.7. The third-order valence-corrected chi connectivity index (χ3v) is 11.3. The predicted molar refractivity (Wildman–Crippen MR) is 125 cm³/mol. The summed E-state index contributed by atoms with van der Waals surface area (Å²) in [6.45, 7) is 17.9. The molecule has 1 saturated heterocycles. The standard InChI is InChI=1S/C26H34O2Si/c1-7-26(21(2)20-22(3)28-26)18-19-27-29(25(4,5)6,23-14-10-8-11-15-23)24-16-12-9-13-17-24/h7-17,21H,1,3,18-20H2,2,4-6H3. The highest BCUT2D eigenvalue weighted by Crippen LogP contribution is 2.42. The minimum atomic E-state index is -2.52. The van der Waals surface area contributed by atoms with E-state index in [0.717, 1.165) is 18.6 Å². The first-order valence-electron chi connectivity index (χ1n) is 10.5. The maximum Gasteiger partial charge on any atom is 0.261 e. The molecule has 1 aliphatic rings. The molecule has 0 aliphatic carbocycles. The SMILES string of the molecule is C=CC1(CCO[Si](c2ccccc2)(c2ccccc2)C(C)(C)C)OC(=C)CC1C. The summed E-state index contributed by atoms with van der Waals surface area (Å²) < 4.78 is 13.2. The van der Waals surface area contributed by atoms with Crippen LogP contribution in [-0.4, -0.2) is 20.5 Å². The molecule has 0 amide bonds. The highest BCUT2D eigenvalue weighted by Gasteiger charge is 2.51. The first-order valence-corrected chi connectivity index (χ1v) is 12.4. The van der Waals surface area contributed by atoms with Crippen LogP contribution < -0.4 is 10.4 Å². The Kier molecular flexibility index (Phi) is 6.21. The second kappa shape index (κ2) is 8.33. The topological polar surface area (TPSA) is 18.5 Å². The van der Waals surface area contributed by atoms with Crippen molar-refractivity contribution >= 4 is 18.7 Å². The van der Waals surface area contributed by atoms with Crippen molar-refractivity contribution in [3.8, 4) is 0 Å². The Hall–Kier alpha value is -2.10. The smallest absolute Gasteiger partial charge is 0.261 e. The Morgan fingerprint density at radius 2 is 1.59 bits per heavy atom. The Labute approximate surface area is 177 Å². The van der Waals surface area contributed by atoms with Crippen LogP contribution in [0.2, 0.25) is 5.04 Å². The van der Waals surface area contributed by atoms with Crippen LogP contribution in [0.15, 0.2) is 85.7 Å². The molecule has 0 bridgehead atoms. The van der Waals surface area contributed by atoms with E-state index >= 15 is 0 Å². The van der Waals surface area contributed by atoms with E-state index in [0.29, 0.717) is 12.5 Å². The highest BCUT2D eigenvalue weighted by atomic mass is 28.4. The molecule has 0 spiro atoms. The van der Waals surface area contributed by atoms with Crippen molar-refractivity contribution in [2.75, 3.05) is 6.61 Å². The zero-order valence-corrected chi connectivity index (χ0v) is 19.3. The van der Waals surface area contributed by atoms with Gasteiger partial charge >= 0.3 is 0 Å². The van der Waals surface area contributed by atoms with Gasteiger partial charge in [0.25, 0.3) is 8.32 Å². The maximum absolute atomic E-state index is 7.02. The van der Waals surface area contributed by atoms with Gasteiger partial charge in [-0.15, -0.1) is 0 Å². The number of rotatable bonds is 7. The summed E-state index contributed by atoms with van der Waals surface area (Å²) in [5.74, 6) is 1.21. The largest absolute Gasteiger partial charge is 0.488 e.